The van der Waals surface area contributed by atoms with E-state index in [2.05, 4.69) is 69.0 Å². The Bertz CT molecular complexity index is 4320. The number of halogens is 1. The van der Waals surface area contributed by atoms with Crippen LogP contribution in [0, 0.1) is 0 Å². The molecule has 31 nitrogen and oxygen atoms in total. The molecule has 0 aliphatic carbocycles. The number of azo groups is 4. The highest BCUT2D eigenvalue weighted by atomic mass is 35.5. The van der Waals surface area contributed by atoms with Gasteiger partial charge in [-0.1, -0.05) is 32.8 Å². The van der Waals surface area contributed by atoms with Gasteiger partial charge >= 0.3 is 0 Å². The van der Waals surface area contributed by atoms with E-state index in [0.29, 0.717) is 34.4 Å². The van der Waals surface area contributed by atoms with Crippen molar-refractivity contribution in [3.05, 3.63) is 102 Å². The van der Waals surface area contributed by atoms with Crippen molar-refractivity contribution in [2.45, 2.75) is 29.4 Å². The fraction of sp³-hybridized carbons (Fsp3) is 0.0233. The van der Waals surface area contributed by atoms with Crippen molar-refractivity contribution < 1.29 is 103 Å². The van der Waals surface area contributed by atoms with E-state index in [1.165, 1.54) is 49.6 Å². The number of nitrogens with two attached hydrogens (primary N) is 1. The highest BCUT2D eigenvalue weighted by Crippen LogP contribution is 2.51. The molecule has 8 rings (SSSR count). The third-order valence-electron chi connectivity index (χ3n) is 10.8. The van der Waals surface area contributed by atoms with E-state index >= 15 is 0 Å². The van der Waals surface area contributed by atoms with Crippen molar-refractivity contribution in [3.63, 3.8) is 0 Å². The minimum atomic E-state index is -5.29. The number of aromatic hydroxyl groups is 3. The van der Waals surface area contributed by atoms with Crippen LogP contribution in [0.25, 0.3) is 32.3 Å². The first-order chi connectivity index (χ1) is 38.4. The lowest BCUT2D eigenvalue weighted by Crippen LogP contribution is -2.00. The molecule has 0 amide bonds. The number of anilines is 1. The van der Waals surface area contributed by atoms with E-state index in [1.54, 1.807) is 6.07 Å². The fourth-order valence-electron chi connectivity index (χ4n) is 7.35. The SMILES string of the molecule is COc1ccc(SOOO)cc1N=Nc1c(SOOO)cc2ccc(N=Nc3c(SOOO)cc4cc(S(=O)(=O)O)c(N=Nc5ccc6c(O)c(N=Nc7ccc(Cl)c(S(=O)(=O)O)c7)c(S(=O)(=O)O)cc6c5)c(O)c4c3N)cc2c1O. The van der Waals surface area contributed by atoms with E-state index in [-0.39, 0.29) is 93.7 Å². The van der Waals surface area contributed by atoms with Crippen LogP contribution in [-0.4, -0.2) is 77.1 Å². The molecule has 0 fully saturated rings. The average Bonchev–Trinajstić information content (AvgIpc) is 3.50. The summed E-state index contributed by atoms with van der Waals surface area (Å²) in [5.41, 5.74) is 3.47. The van der Waals surface area contributed by atoms with Crippen LogP contribution in [-0.2, 0) is 58.5 Å². The van der Waals surface area contributed by atoms with Gasteiger partial charge in [-0.05, 0) is 107 Å². The van der Waals surface area contributed by atoms with Crippen molar-refractivity contribution in [2.75, 3.05) is 12.8 Å². The van der Waals surface area contributed by atoms with Crippen LogP contribution in [0.15, 0.2) is 167 Å². The van der Waals surface area contributed by atoms with Gasteiger partial charge in [-0.3, -0.25) is 13.7 Å². The number of hydrogen-bond donors (Lipinski definition) is 10. The minimum Gasteiger partial charge on any atom is -0.505 e. The molecule has 0 aromatic heterocycles. The van der Waals surface area contributed by atoms with Gasteiger partial charge in [0.1, 0.15) is 48.9 Å². The number of ether oxygens (including phenoxy) is 1. The Kier molecular flexibility index (Phi) is 18.3. The van der Waals surface area contributed by atoms with Crippen molar-refractivity contribution in [3.8, 4) is 23.0 Å². The molecule has 0 heterocycles. The molecule has 0 spiro atoms. The topological polar surface area (TPSA) is 474 Å². The second-order valence-electron chi connectivity index (χ2n) is 15.6. The second-order valence-corrected chi connectivity index (χ2v) is 22.4. The molecule has 0 atom stereocenters. The van der Waals surface area contributed by atoms with E-state index in [0.717, 1.165) is 48.5 Å². The van der Waals surface area contributed by atoms with Crippen LogP contribution in [0.3, 0.4) is 0 Å². The van der Waals surface area contributed by atoms with Gasteiger partial charge in [0.2, 0.25) is 0 Å². The summed E-state index contributed by atoms with van der Waals surface area (Å²) in [5.74, 6) is -2.18. The molecule has 8 aromatic rings. The molecule has 8 aromatic carbocycles. The number of hydrogen-bond acceptors (Lipinski definition) is 31. The summed E-state index contributed by atoms with van der Waals surface area (Å²) < 4.78 is 123. The van der Waals surface area contributed by atoms with Crippen molar-refractivity contribution in [1.82, 2.24) is 0 Å². The van der Waals surface area contributed by atoms with Gasteiger partial charge in [-0.25, -0.2) is 15.8 Å². The van der Waals surface area contributed by atoms with Crippen LogP contribution < -0.4 is 10.5 Å². The number of methoxy groups -OCH3 is 1. The summed E-state index contributed by atoms with van der Waals surface area (Å²) >= 11 is 7.18. The number of rotatable bonds is 21. The molecule has 0 radical (unpaired) electrons. The summed E-state index contributed by atoms with van der Waals surface area (Å²) in [6.45, 7) is 0. The first kappa shape index (κ1) is 59.8. The van der Waals surface area contributed by atoms with E-state index < -0.39 is 79.4 Å². The van der Waals surface area contributed by atoms with Gasteiger partial charge in [-0.15, -0.1) is 38.6 Å². The Morgan fingerprint density at radius 3 is 1.60 bits per heavy atom. The second kappa shape index (κ2) is 24.8. The number of nitrogens with zero attached hydrogens (tertiary/aromatic N) is 8. The van der Waals surface area contributed by atoms with Crippen molar-refractivity contribution in [1.29, 1.82) is 0 Å². The van der Waals surface area contributed by atoms with Crippen molar-refractivity contribution >= 4 is 162 Å². The Hall–Kier alpha value is -7.35. The molecule has 422 valence electrons. The smallest absolute Gasteiger partial charge is 0.296 e. The largest absolute Gasteiger partial charge is 0.505 e. The molecule has 81 heavy (non-hydrogen) atoms. The third kappa shape index (κ3) is 13.4. The number of phenols is 3. The maximum Gasteiger partial charge on any atom is 0.296 e. The Morgan fingerprint density at radius 2 is 0.988 bits per heavy atom. The lowest BCUT2D eigenvalue weighted by Gasteiger charge is -2.14. The zero-order chi connectivity index (χ0) is 58.6. The van der Waals surface area contributed by atoms with Crippen LogP contribution in [0.1, 0.15) is 0 Å². The number of nitrogen functional groups attached to an aromatic ring is 1. The van der Waals surface area contributed by atoms with E-state index in [9.17, 15) is 54.2 Å². The fourth-order valence-corrected chi connectivity index (χ4v) is 11.1. The Morgan fingerprint density at radius 1 is 0.481 bits per heavy atom. The highest BCUT2D eigenvalue weighted by Gasteiger charge is 2.27. The van der Waals surface area contributed by atoms with Crippen LogP contribution >= 0.6 is 47.7 Å². The quantitative estimate of drug-likeness (QED) is 0.00797. The number of benzene rings is 8. The summed E-state index contributed by atoms with van der Waals surface area (Å²) in [4.78, 5) is -2.52. The molecular weight excluding hydrogens is 1220 g/mol. The molecular formula is C43H30ClN9O22S6. The van der Waals surface area contributed by atoms with Crippen LogP contribution in [0.5, 0.6) is 23.0 Å². The molecule has 11 N–H and O–H groups in total. The molecule has 38 heteroatoms. The Labute approximate surface area is 470 Å². The normalized spacial score (nSPS) is 12.7. The van der Waals surface area contributed by atoms with Crippen molar-refractivity contribution in [2.24, 2.45) is 40.9 Å². The van der Waals surface area contributed by atoms with Gasteiger partial charge in [0.15, 0.2) is 17.2 Å². The van der Waals surface area contributed by atoms with Gasteiger partial charge in [0, 0.05) is 15.7 Å². The summed E-state index contributed by atoms with van der Waals surface area (Å²) in [6.07, 6.45) is 0. The lowest BCUT2D eigenvalue weighted by molar-refractivity contribution is -0.432. The predicted octanol–water partition coefficient (Wildman–Crippen LogP) is 13.2. The number of phenolic OH excluding ortho intramolecular Hbond substituents is 3. The monoisotopic (exact) mass is 1250 g/mol. The molecule has 0 unspecified atom stereocenters. The molecule has 0 aliphatic heterocycles. The maximum atomic E-state index is 12.9. The van der Waals surface area contributed by atoms with Gasteiger partial charge < -0.3 is 25.8 Å². The summed E-state index contributed by atoms with van der Waals surface area (Å²) in [5, 5.41) is 103. The predicted molar refractivity (Wildman–Crippen MR) is 284 cm³/mol. The zero-order valence-corrected chi connectivity index (χ0v) is 45.2. The first-order valence-electron chi connectivity index (χ1n) is 21.2. The summed E-state index contributed by atoms with van der Waals surface area (Å²) in [7, 11) is -14.0. The van der Waals surface area contributed by atoms with Gasteiger partial charge in [0.25, 0.3) is 30.4 Å². The number of fused-ring (bicyclic) bond motifs is 3. The summed E-state index contributed by atoms with van der Waals surface area (Å²) in [6, 6.07) is 19.4. The molecule has 0 aliphatic rings. The lowest BCUT2D eigenvalue weighted by atomic mass is 10.0. The average molecular weight is 1250 g/mol. The molecule has 0 saturated carbocycles. The van der Waals surface area contributed by atoms with Gasteiger partial charge in [-0.2, -0.15) is 40.6 Å². The van der Waals surface area contributed by atoms with Gasteiger partial charge in [0.05, 0.1) is 86.2 Å². The maximum absolute atomic E-state index is 12.9. The highest BCUT2D eigenvalue weighted by molar-refractivity contribution is 7.95. The Balaban J connectivity index is 1.19. The molecule has 0 bridgehead atoms. The van der Waals surface area contributed by atoms with E-state index in [4.69, 9.17) is 37.8 Å². The zero-order valence-electron chi connectivity index (χ0n) is 39.6. The third-order valence-corrected chi connectivity index (χ3v) is 15.7. The van der Waals surface area contributed by atoms with E-state index in [1.807, 2.05) is 0 Å². The molecule has 0 saturated heterocycles. The van der Waals surface area contributed by atoms with Crippen LogP contribution in [0.4, 0.5) is 51.2 Å². The minimum absolute atomic E-state index is 0.0200. The first-order valence-corrected chi connectivity index (χ1v) is 28.1. The van der Waals surface area contributed by atoms with Crippen LogP contribution in [0.2, 0.25) is 5.02 Å². The standard InChI is InChI=1S/C43H30ClN9O22S6/c1-69-29-9-6-24(76-73-70-57)17-28(29)49-51-38-31(78-75-72-59)11-18-2-3-22(15-26(18)42(38)55)47-50-37-30(77-74-71-58)12-20-14-34(81(66,67)68)40(43(56)35(20)36(37)45)53-46-21-4-7-25-19(10-21)13-33(80(63,64)65)39(41(25)54)52-48-23-5-8-27(44)32(16-23)79(60,61)62/h2-17,54-59H,45H2,1H3,(H,60,61,62)(H,63,64,65)(H,66,67,68).